The van der Waals surface area contributed by atoms with E-state index in [1.54, 1.807) is 12.4 Å². The number of amides is 2. The number of aryl methyl sites for hydroxylation is 1. The van der Waals surface area contributed by atoms with Crippen molar-refractivity contribution in [2.24, 2.45) is 0 Å². The van der Waals surface area contributed by atoms with Crippen LogP contribution in [-0.4, -0.2) is 49.9 Å². The van der Waals surface area contributed by atoms with Crippen molar-refractivity contribution in [2.75, 3.05) is 18.4 Å². The van der Waals surface area contributed by atoms with Gasteiger partial charge in [-0.15, -0.1) is 0 Å². The average Bonchev–Trinajstić information content (AvgIpc) is 3.50. The normalized spacial score (nSPS) is 16.8. The monoisotopic (exact) mass is 520 g/mol. The van der Waals surface area contributed by atoms with Crippen LogP contribution in [0.25, 0.3) is 27.5 Å². The molecule has 4 heterocycles. The van der Waals surface area contributed by atoms with Crippen molar-refractivity contribution >= 4 is 34.1 Å². The molecule has 1 unspecified atom stereocenters. The van der Waals surface area contributed by atoms with Gasteiger partial charge in [0.15, 0.2) is 5.13 Å². The van der Waals surface area contributed by atoms with Crippen LogP contribution in [0.1, 0.15) is 30.5 Å². The lowest BCUT2D eigenvalue weighted by atomic mass is 9.96. The Morgan fingerprint density at radius 2 is 2.06 bits per heavy atom. The highest BCUT2D eigenvalue weighted by atomic mass is 35.5. The number of nitrogens with one attached hydrogen (secondary N) is 3. The third-order valence-electron chi connectivity index (χ3n) is 6.56. The molecule has 2 amide bonds. The maximum Gasteiger partial charge on any atom is 0.321 e. The molecule has 9 nitrogen and oxygen atoms in total. The van der Waals surface area contributed by atoms with Gasteiger partial charge in [0.05, 0.1) is 32.7 Å². The molecule has 11 heteroatoms. The van der Waals surface area contributed by atoms with E-state index in [0.29, 0.717) is 22.7 Å². The third-order valence-corrected chi connectivity index (χ3v) is 7.90. The molecular weight excluding hydrogens is 496 g/mol. The van der Waals surface area contributed by atoms with Crippen LogP contribution in [0.5, 0.6) is 0 Å². The number of piperidine rings is 1. The molecule has 0 saturated carbocycles. The van der Waals surface area contributed by atoms with Crippen LogP contribution in [0.4, 0.5) is 9.93 Å². The van der Waals surface area contributed by atoms with E-state index in [4.69, 9.17) is 21.7 Å². The molecule has 3 aromatic heterocycles. The molecule has 184 valence electrons. The molecule has 2 aliphatic rings. The molecule has 1 aromatic carbocycles. The first-order valence-corrected chi connectivity index (χ1v) is 13.3. The molecule has 1 fully saturated rings. The van der Waals surface area contributed by atoms with Crippen molar-refractivity contribution in [3.63, 3.8) is 0 Å². The lowest BCUT2D eigenvalue weighted by Gasteiger charge is -2.23. The molecule has 0 spiro atoms. The van der Waals surface area contributed by atoms with Gasteiger partial charge in [-0.25, -0.2) is 24.4 Å². The summed E-state index contributed by atoms with van der Waals surface area (Å²) in [6.07, 6.45) is 10.0. The predicted molar refractivity (Wildman–Crippen MR) is 141 cm³/mol. The lowest BCUT2D eigenvalue weighted by molar-refractivity contribution is 0.249. The number of hydrogen-bond acceptors (Lipinski definition) is 7. The summed E-state index contributed by atoms with van der Waals surface area (Å²) in [6, 6.07) is 7.72. The maximum atomic E-state index is 12.6. The SMILES string of the molecule is O=C(NCC1CCCCN1)Nc1nc2c(s1)-c1c(c(-c3cncnc3)nn1-c1ccccc1Cl)CC2. The summed E-state index contributed by atoms with van der Waals surface area (Å²) in [7, 11) is 0. The molecule has 0 bridgehead atoms. The summed E-state index contributed by atoms with van der Waals surface area (Å²) >= 11 is 8.05. The fourth-order valence-corrected chi connectivity index (χ4v) is 6.11. The van der Waals surface area contributed by atoms with E-state index in [0.717, 1.165) is 64.6 Å². The zero-order chi connectivity index (χ0) is 24.5. The molecule has 1 saturated heterocycles. The Hall–Kier alpha value is -3.34. The number of fused-ring (bicyclic) bond motifs is 3. The summed E-state index contributed by atoms with van der Waals surface area (Å²) in [5.41, 5.74) is 5.45. The fraction of sp³-hybridized carbons (Fsp3) is 0.320. The van der Waals surface area contributed by atoms with Gasteiger partial charge in [0.2, 0.25) is 0 Å². The summed E-state index contributed by atoms with van der Waals surface area (Å²) < 4.78 is 1.88. The van der Waals surface area contributed by atoms with E-state index in [9.17, 15) is 4.79 Å². The Kier molecular flexibility index (Phi) is 6.39. The van der Waals surface area contributed by atoms with E-state index in [1.807, 2.05) is 28.9 Å². The van der Waals surface area contributed by atoms with Crippen LogP contribution >= 0.6 is 22.9 Å². The molecule has 4 aromatic rings. The average molecular weight is 521 g/mol. The van der Waals surface area contributed by atoms with Gasteiger partial charge >= 0.3 is 6.03 Å². The Labute approximate surface area is 217 Å². The van der Waals surface area contributed by atoms with Gasteiger partial charge < -0.3 is 10.6 Å². The van der Waals surface area contributed by atoms with Crippen LogP contribution in [0, 0.1) is 0 Å². The number of hydrogen-bond donors (Lipinski definition) is 3. The molecule has 1 atom stereocenters. The summed E-state index contributed by atoms with van der Waals surface area (Å²) in [4.78, 5) is 26.7. The van der Waals surface area contributed by atoms with Crippen LogP contribution in [-0.2, 0) is 12.8 Å². The van der Waals surface area contributed by atoms with Crippen LogP contribution in [0.15, 0.2) is 43.0 Å². The van der Waals surface area contributed by atoms with Crippen molar-refractivity contribution in [1.82, 2.24) is 35.4 Å². The lowest BCUT2D eigenvalue weighted by Crippen LogP contribution is -2.44. The smallest absolute Gasteiger partial charge is 0.321 e. The fourth-order valence-electron chi connectivity index (χ4n) is 4.83. The van der Waals surface area contributed by atoms with Gasteiger partial charge in [-0.2, -0.15) is 5.10 Å². The number of halogens is 1. The van der Waals surface area contributed by atoms with Crippen LogP contribution in [0.3, 0.4) is 0 Å². The van der Waals surface area contributed by atoms with Gasteiger partial charge in [-0.3, -0.25) is 5.32 Å². The largest absolute Gasteiger partial charge is 0.336 e. The third kappa shape index (κ3) is 4.47. The number of para-hydroxylation sites is 1. The standard InChI is InChI=1S/C25H25ClN8OS/c26-18-6-1-2-7-20(18)34-22-17(21(33-34)15-11-27-14-28-12-15)8-9-19-23(22)36-25(31-19)32-24(35)30-13-16-5-3-4-10-29-16/h1-2,6-7,11-12,14,16,29H,3-5,8-10,13H2,(H2,30,31,32,35). The highest BCUT2D eigenvalue weighted by molar-refractivity contribution is 7.19. The van der Waals surface area contributed by atoms with Crippen LogP contribution < -0.4 is 16.0 Å². The number of aromatic nitrogens is 5. The van der Waals surface area contributed by atoms with E-state index in [-0.39, 0.29) is 6.03 Å². The predicted octanol–water partition coefficient (Wildman–Crippen LogP) is 4.47. The zero-order valence-corrected chi connectivity index (χ0v) is 21.1. The van der Waals surface area contributed by atoms with Crippen LogP contribution in [0.2, 0.25) is 5.02 Å². The molecule has 1 aliphatic carbocycles. The second kappa shape index (κ2) is 9.96. The van der Waals surface area contributed by atoms with Crippen molar-refractivity contribution in [3.05, 3.63) is 59.3 Å². The number of carbonyl (C=O) groups excluding carboxylic acids is 1. The molecule has 36 heavy (non-hydrogen) atoms. The number of benzene rings is 1. The molecular formula is C25H25ClN8OS. The second-order valence-corrected chi connectivity index (χ2v) is 10.3. The topological polar surface area (TPSA) is 110 Å². The minimum absolute atomic E-state index is 0.240. The van der Waals surface area contributed by atoms with Crippen molar-refractivity contribution in [1.29, 1.82) is 0 Å². The number of thiazole rings is 1. The van der Waals surface area contributed by atoms with Gasteiger partial charge in [-0.05, 0) is 44.4 Å². The van der Waals surface area contributed by atoms with Gasteiger partial charge in [-0.1, -0.05) is 41.5 Å². The van der Waals surface area contributed by atoms with E-state index in [2.05, 4.69) is 25.9 Å². The number of carbonyl (C=O) groups is 1. The highest BCUT2D eigenvalue weighted by Crippen LogP contribution is 2.44. The van der Waals surface area contributed by atoms with Gasteiger partial charge in [0.1, 0.15) is 6.33 Å². The highest BCUT2D eigenvalue weighted by Gasteiger charge is 2.30. The van der Waals surface area contributed by atoms with E-state index in [1.165, 1.54) is 30.5 Å². The number of rotatable bonds is 5. The molecule has 0 radical (unpaired) electrons. The van der Waals surface area contributed by atoms with Crippen molar-refractivity contribution in [3.8, 4) is 27.5 Å². The summed E-state index contributed by atoms with van der Waals surface area (Å²) in [5, 5.41) is 15.5. The maximum absolute atomic E-state index is 12.6. The zero-order valence-electron chi connectivity index (χ0n) is 19.5. The second-order valence-electron chi connectivity index (χ2n) is 8.94. The summed E-state index contributed by atoms with van der Waals surface area (Å²) in [6.45, 7) is 1.61. The quantitative estimate of drug-likeness (QED) is 0.358. The first-order chi connectivity index (χ1) is 17.7. The number of anilines is 1. The Morgan fingerprint density at radius 1 is 1.19 bits per heavy atom. The Morgan fingerprint density at radius 3 is 2.86 bits per heavy atom. The molecule has 1 aliphatic heterocycles. The Balaban J connectivity index is 1.33. The first-order valence-electron chi connectivity index (χ1n) is 12.1. The minimum Gasteiger partial charge on any atom is -0.336 e. The summed E-state index contributed by atoms with van der Waals surface area (Å²) in [5.74, 6) is 0. The van der Waals surface area contributed by atoms with E-state index >= 15 is 0 Å². The van der Waals surface area contributed by atoms with Crippen molar-refractivity contribution in [2.45, 2.75) is 38.1 Å². The van der Waals surface area contributed by atoms with E-state index < -0.39 is 0 Å². The Bertz CT molecular complexity index is 1400. The minimum atomic E-state index is -0.240. The van der Waals surface area contributed by atoms with Gasteiger partial charge in [0, 0.05) is 36.1 Å². The number of urea groups is 1. The van der Waals surface area contributed by atoms with Gasteiger partial charge in [0.25, 0.3) is 0 Å². The number of nitrogens with zero attached hydrogens (tertiary/aromatic N) is 5. The molecule has 3 N–H and O–H groups in total. The first kappa shape index (κ1) is 23.1. The molecule has 6 rings (SSSR count). The van der Waals surface area contributed by atoms with Crippen molar-refractivity contribution < 1.29 is 4.79 Å².